The molecule has 1 aliphatic heterocycles. The van der Waals surface area contributed by atoms with Crippen molar-refractivity contribution in [3.8, 4) is 0 Å². The van der Waals surface area contributed by atoms with Crippen LogP contribution >= 0.6 is 11.6 Å². The molecule has 188 valence electrons. The van der Waals surface area contributed by atoms with Gasteiger partial charge in [-0.25, -0.2) is 0 Å². The van der Waals surface area contributed by atoms with Gasteiger partial charge in [-0.1, -0.05) is 42.0 Å². The van der Waals surface area contributed by atoms with E-state index in [4.69, 9.17) is 11.6 Å². The molecule has 0 amide bonds. The lowest BCUT2D eigenvalue weighted by molar-refractivity contribution is 0.324. The minimum Gasteiger partial charge on any atom is -0.384 e. The van der Waals surface area contributed by atoms with Gasteiger partial charge in [0.05, 0.1) is 5.52 Å². The van der Waals surface area contributed by atoms with Crippen molar-refractivity contribution < 1.29 is 0 Å². The van der Waals surface area contributed by atoms with Crippen LogP contribution in [0.5, 0.6) is 0 Å². The number of halogens is 1. The van der Waals surface area contributed by atoms with Crippen LogP contribution in [0.1, 0.15) is 44.1 Å². The molecule has 5 rings (SSSR count). The van der Waals surface area contributed by atoms with Crippen molar-refractivity contribution in [2.45, 2.75) is 44.9 Å². The molecule has 0 bridgehead atoms. The number of hydrogen-bond donors (Lipinski definition) is 1. The maximum atomic E-state index is 6.11. The minimum absolute atomic E-state index is 0.725. The second-order valence-electron chi connectivity index (χ2n) is 9.99. The number of allylic oxidation sites excluding steroid dienone is 3. The molecular formula is C31H37ClN4. The topological polar surface area (TPSA) is 31.4 Å². The number of benzene rings is 2. The van der Waals surface area contributed by atoms with E-state index in [-0.39, 0.29) is 0 Å². The Kier molecular flexibility index (Phi) is 8.25. The van der Waals surface area contributed by atoms with E-state index in [9.17, 15) is 0 Å². The smallest absolute Gasteiger partial charge is 0.0737 e. The van der Waals surface area contributed by atoms with E-state index >= 15 is 0 Å². The molecule has 0 spiro atoms. The van der Waals surface area contributed by atoms with Crippen molar-refractivity contribution in [2.75, 3.05) is 43.4 Å². The fraction of sp³-hybridized carbons (Fsp3) is 0.387. The number of anilines is 2. The highest BCUT2D eigenvalue weighted by Crippen LogP contribution is 2.36. The second kappa shape index (κ2) is 11.9. The zero-order valence-corrected chi connectivity index (χ0v) is 22.1. The molecule has 0 unspecified atom stereocenters. The van der Waals surface area contributed by atoms with E-state index in [1.54, 1.807) is 5.57 Å². The third kappa shape index (κ3) is 5.93. The number of hydrogen-bond acceptors (Lipinski definition) is 4. The number of pyridine rings is 1. The zero-order chi connectivity index (χ0) is 24.7. The molecule has 0 fully saturated rings. The summed E-state index contributed by atoms with van der Waals surface area (Å²) in [6.07, 6.45) is 14.9. The van der Waals surface area contributed by atoms with Crippen LogP contribution < -0.4 is 10.2 Å². The van der Waals surface area contributed by atoms with Crippen molar-refractivity contribution in [3.05, 3.63) is 88.7 Å². The SMILES string of the molecule is CN(CCCCNc1ccnc2cc(Cl)ccc12)CCCN1C2=CCCC=C2CCc2ccccc21. The average Bonchev–Trinajstić information content (AvgIpc) is 3.05. The van der Waals surface area contributed by atoms with Crippen LogP contribution in [-0.4, -0.2) is 43.1 Å². The predicted octanol–water partition coefficient (Wildman–Crippen LogP) is 7.46. The van der Waals surface area contributed by atoms with E-state index in [0.717, 1.165) is 73.5 Å². The third-order valence-corrected chi connectivity index (χ3v) is 7.60. The van der Waals surface area contributed by atoms with Gasteiger partial charge in [0.1, 0.15) is 0 Å². The highest BCUT2D eigenvalue weighted by molar-refractivity contribution is 6.31. The van der Waals surface area contributed by atoms with E-state index < -0.39 is 0 Å². The van der Waals surface area contributed by atoms with Crippen molar-refractivity contribution in [3.63, 3.8) is 0 Å². The Hall–Kier alpha value is -2.82. The highest BCUT2D eigenvalue weighted by Gasteiger charge is 2.23. The number of aromatic nitrogens is 1. The van der Waals surface area contributed by atoms with Gasteiger partial charge in [0, 0.05) is 46.8 Å². The normalized spacial score (nSPS) is 15.2. The van der Waals surface area contributed by atoms with Crippen LogP contribution in [0.25, 0.3) is 10.9 Å². The Morgan fingerprint density at radius 1 is 0.972 bits per heavy atom. The first-order valence-electron chi connectivity index (χ1n) is 13.4. The number of nitrogens with one attached hydrogen (secondary N) is 1. The summed E-state index contributed by atoms with van der Waals surface area (Å²) in [5, 5.41) is 5.44. The molecule has 0 saturated carbocycles. The van der Waals surface area contributed by atoms with Crippen molar-refractivity contribution in [2.24, 2.45) is 0 Å². The fourth-order valence-electron chi connectivity index (χ4n) is 5.47. The van der Waals surface area contributed by atoms with Crippen LogP contribution in [0.2, 0.25) is 5.02 Å². The van der Waals surface area contributed by atoms with Crippen molar-refractivity contribution >= 4 is 33.9 Å². The summed E-state index contributed by atoms with van der Waals surface area (Å²) in [7, 11) is 2.26. The van der Waals surface area contributed by atoms with E-state index in [1.807, 2.05) is 30.5 Å². The standard InChI is InChI=1S/C31H37ClN4/c1-35(20-7-6-18-33-28-17-19-34-29-23-26(32)15-16-27(28)29)21-8-22-36-30-11-4-2-9-24(30)13-14-25-10-3-5-12-31(25)36/h2,4,9-12,15-17,19,23H,3,5-8,13-14,18,20-22H2,1H3,(H,33,34). The number of unbranched alkanes of at least 4 members (excludes halogenated alkanes) is 1. The van der Waals surface area contributed by atoms with E-state index in [0.29, 0.717) is 0 Å². The molecule has 1 N–H and O–H groups in total. The highest BCUT2D eigenvalue weighted by atomic mass is 35.5. The summed E-state index contributed by atoms with van der Waals surface area (Å²) >= 11 is 6.11. The fourth-order valence-corrected chi connectivity index (χ4v) is 5.63. The van der Waals surface area contributed by atoms with Gasteiger partial charge >= 0.3 is 0 Å². The molecule has 1 aliphatic carbocycles. The van der Waals surface area contributed by atoms with Gasteiger partial charge in [-0.2, -0.15) is 0 Å². The zero-order valence-electron chi connectivity index (χ0n) is 21.3. The third-order valence-electron chi connectivity index (χ3n) is 7.37. The second-order valence-corrected chi connectivity index (χ2v) is 10.4. The van der Waals surface area contributed by atoms with E-state index in [2.05, 4.69) is 63.6 Å². The van der Waals surface area contributed by atoms with Gasteiger partial charge in [-0.3, -0.25) is 4.98 Å². The van der Waals surface area contributed by atoms with Crippen molar-refractivity contribution in [1.82, 2.24) is 9.88 Å². The largest absolute Gasteiger partial charge is 0.384 e. The minimum atomic E-state index is 0.725. The Morgan fingerprint density at radius 3 is 2.78 bits per heavy atom. The van der Waals surface area contributed by atoms with Gasteiger partial charge < -0.3 is 15.1 Å². The number of para-hydroxylation sites is 1. The first-order valence-corrected chi connectivity index (χ1v) is 13.8. The predicted molar refractivity (Wildman–Crippen MR) is 154 cm³/mol. The van der Waals surface area contributed by atoms with Crippen molar-refractivity contribution in [1.29, 1.82) is 0 Å². The number of fused-ring (bicyclic) bond motifs is 3. The summed E-state index contributed by atoms with van der Waals surface area (Å²) in [6, 6.07) is 16.9. The molecule has 0 saturated heterocycles. The Labute approximate surface area is 220 Å². The van der Waals surface area contributed by atoms with Crippen LogP contribution in [0.4, 0.5) is 11.4 Å². The summed E-state index contributed by atoms with van der Waals surface area (Å²) < 4.78 is 0. The van der Waals surface area contributed by atoms with Crippen LogP contribution in [0.15, 0.2) is 78.1 Å². The lowest BCUT2D eigenvalue weighted by Gasteiger charge is -2.30. The average molecular weight is 501 g/mol. The lowest BCUT2D eigenvalue weighted by atomic mass is 9.98. The lowest BCUT2D eigenvalue weighted by Crippen LogP contribution is -2.29. The first-order chi connectivity index (χ1) is 17.7. The van der Waals surface area contributed by atoms with E-state index in [1.165, 1.54) is 36.2 Å². The summed E-state index contributed by atoms with van der Waals surface area (Å²) in [4.78, 5) is 9.51. The Bertz CT molecular complexity index is 1250. The van der Waals surface area contributed by atoms with Gasteiger partial charge in [0.25, 0.3) is 0 Å². The quantitative estimate of drug-likeness (QED) is 0.293. The summed E-state index contributed by atoms with van der Waals surface area (Å²) in [6.45, 7) is 4.28. The van der Waals surface area contributed by atoms with Gasteiger partial charge in [0.2, 0.25) is 0 Å². The number of rotatable bonds is 10. The molecular weight excluding hydrogens is 464 g/mol. The first kappa shape index (κ1) is 24.9. The molecule has 0 atom stereocenters. The molecule has 0 radical (unpaired) electrons. The number of nitrogens with zero attached hydrogens (tertiary/aromatic N) is 3. The molecule has 2 aliphatic rings. The molecule has 5 heteroatoms. The molecule has 4 nitrogen and oxygen atoms in total. The molecule has 3 aromatic rings. The van der Waals surface area contributed by atoms with Crippen LogP contribution in [-0.2, 0) is 6.42 Å². The monoisotopic (exact) mass is 500 g/mol. The van der Waals surface area contributed by atoms with Gasteiger partial charge in [0.15, 0.2) is 0 Å². The van der Waals surface area contributed by atoms with Crippen LogP contribution in [0, 0.1) is 0 Å². The number of aryl methyl sites for hydroxylation is 1. The summed E-state index contributed by atoms with van der Waals surface area (Å²) in [5.74, 6) is 0. The van der Waals surface area contributed by atoms with Gasteiger partial charge in [-0.05, 0) is 107 Å². The molecule has 2 heterocycles. The van der Waals surface area contributed by atoms with Gasteiger partial charge in [-0.15, -0.1) is 0 Å². The maximum Gasteiger partial charge on any atom is 0.0737 e. The van der Waals surface area contributed by atoms with Crippen LogP contribution in [0.3, 0.4) is 0 Å². The molecule has 36 heavy (non-hydrogen) atoms. The Balaban J connectivity index is 1.08. The summed E-state index contributed by atoms with van der Waals surface area (Å²) in [5.41, 5.74) is 7.97. The molecule has 2 aromatic carbocycles. The maximum absolute atomic E-state index is 6.11. The molecule has 1 aromatic heterocycles. The Morgan fingerprint density at radius 2 is 1.83 bits per heavy atom.